The molecule has 0 aromatic carbocycles. The van der Waals surface area contributed by atoms with Gasteiger partial charge in [-0.25, -0.2) is 0 Å². The second kappa shape index (κ2) is 33.1. The summed E-state index contributed by atoms with van der Waals surface area (Å²) in [6, 6.07) is 0. The Hall–Kier alpha value is 0.506. The number of carbonyl (C=O) groups excluding carboxylic acids is 4. The van der Waals surface area contributed by atoms with E-state index in [4.69, 9.17) is 23.2 Å². The van der Waals surface area contributed by atoms with E-state index in [1.54, 1.807) is 0 Å². The zero-order chi connectivity index (χ0) is 18.7. The zero-order valence-corrected chi connectivity index (χ0v) is 20.1. The fraction of sp³-hybridized carbons (Fsp3) is 0.722. The molecule has 0 saturated carbocycles. The SMILES string of the molecule is C.CC(=O)C(=O)CCCCCCl.CC(=O)C(C)=O.[Br-].[CH2-]CCCCCl.[Mg+2]. The summed E-state index contributed by atoms with van der Waals surface area (Å²) in [5.74, 6) is 0.0597. The van der Waals surface area contributed by atoms with Crippen molar-refractivity contribution in [2.45, 2.75) is 73.1 Å². The summed E-state index contributed by atoms with van der Waals surface area (Å²) in [5, 5.41) is 0. The monoisotopic (exact) mass is 486 g/mol. The fourth-order valence-electron chi connectivity index (χ4n) is 1.00. The van der Waals surface area contributed by atoms with Gasteiger partial charge in [0, 0.05) is 39.0 Å². The molecule has 0 atom stereocenters. The minimum absolute atomic E-state index is 0. The van der Waals surface area contributed by atoms with Crippen LogP contribution in [0, 0.1) is 6.92 Å². The molecule has 0 rings (SSSR count). The Morgan fingerprint density at radius 1 is 0.731 bits per heavy atom. The molecule has 0 amide bonds. The molecular formula is C18H33BrCl2MgO4. The van der Waals surface area contributed by atoms with Gasteiger partial charge >= 0.3 is 23.1 Å². The van der Waals surface area contributed by atoms with Crippen molar-refractivity contribution < 1.29 is 36.2 Å². The van der Waals surface area contributed by atoms with Crippen molar-refractivity contribution in [3.63, 3.8) is 0 Å². The molecule has 0 aromatic rings. The third-order valence-electron chi connectivity index (χ3n) is 2.56. The Morgan fingerprint density at radius 2 is 1.12 bits per heavy atom. The minimum Gasteiger partial charge on any atom is -1.00 e. The van der Waals surface area contributed by atoms with E-state index in [2.05, 4.69) is 6.92 Å². The Morgan fingerprint density at radius 3 is 1.35 bits per heavy atom. The van der Waals surface area contributed by atoms with Gasteiger partial charge in [-0.3, -0.25) is 19.2 Å². The van der Waals surface area contributed by atoms with Crippen LogP contribution in [0.1, 0.15) is 73.1 Å². The molecule has 0 N–H and O–H groups in total. The number of ketones is 4. The summed E-state index contributed by atoms with van der Waals surface area (Å²) in [6.45, 7) is 7.48. The minimum atomic E-state index is -0.380. The number of unbranched alkanes of at least 4 members (excludes halogenated alkanes) is 4. The van der Waals surface area contributed by atoms with E-state index in [0.717, 1.165) is 38.0 Å². The van der Waals surface area contributed by atoms with Gasteiger partial charge in [0.15, 0.2) is 23.1 Å². The van der Waals surface area contributed by atoms with Crippen LogP contribution in [0.15, 0.2) is 0 Å². The summed E-state index contributed by atoms with van der Waals surface area (Å²) in [5.41, 5.74) is 0. The van der Waals surface area contributed by atoms with Gasteiger partial charge in [0.2, 0.25) is 0 Å². The molecule has 0 aliphatic carbocycles. The molecule has 152 valence electrons. The summed E-state index contributed by atoms with van der Waals surface area (Å²) in [4.78, 5) is 40.7. The summed E-state index contributed by atoms with van der Waals surface area (Å²) >= 11 is 10.8. The molecule has 0 radical (unpaired) electrons. The van der Waals surface area contributed by atoms with Gasteiger partial charge in [0.05, 0.1) is 0 Å². The van der Waals surface area contributed by atoms with Crippen molar-refractivity contribution in [1.82, 2.24) is 0 Å². The van der Waals surface area contributed by atoms with Gasteiger partial charge in [0.1, 0.15) is 0 Å². The molecule has 4 nitrogen and oxygen atoms in total. The van der Waals surface area contributed by atoms with Crippen molar-refractivity contribution in [1.29, 1.82) is 0 Å². The summed E-state index contributed by atoms with van der Waals surface area (Å²) in [6.07, 6.45) is 6.33. The van der Waals surface area contributed by atoms with Crippen LogP contribution in [-0.4, -0.2) is 57.9 Å². The predicted molar refractivity (Wildman–Crippen MR) is 109 cm³/mol. The molecule has 0 aliphatic rings. The van der Waals surface area contributed by atoms with Crippen LogP contribution >= 0.6 is 23.2 Å². The Labute approximate surface area is 196 Å². The van der Waals surface area contributed by atoms with Crippen LogP contribution in [-0.2, 0) is 19.2 Å². The van der Waals surface area contributed by atoms with Gasteiger partial charge in [-0.2, -0.15) is 6.42 Å². The summed E-state index contributed by atoms with van der Waals surface area (Å²) < 4.78 is 0. The third-order valence-corrected chi connectivity index (χ3v) is 3.09. The fourth-order valence-corrected chi connectivity index (χ4v) is 1.38. The van der Waals surface area contributed by atoms with Gasteiger partial charge < -0.3 is 23.9 Å². The normalized spacial score (nSPS) is 7.92. The van der Waals surface area contributed by atoms with Crippen molar-refractivity contribution in [2.75, 3.05) is 11.8 Å². The molecule has 0 aliphatic heterocycles. The van der Waals surface area contributed by atoms with Crippen molar-refractivity contribution in [3.05, 3.63) is 6.92 Å². The Kier molecular flexibility index (Phi) is 52.2. The molecular weight excluding hydrogens is 455 g/mol. The van der Waals surface area contributed by atoms with E-state index in [1.165, 1.54) is 27.2 Å². The molecule has 0 aromatic heterocycles. The first-order chi connectivity index (χ1) is 10.7. The second-order valence-electron chi connectivity index (χ2n) is 4.84. The van der Waals surface area contributed by atoms with E-state index >= 15 is 0 Å². The molecule has 0 bridgehead atoms. The Balaban J connectivity index is -0.0000000583. The standard InChI is InChI=1S/C8H13ClO2.C5H10Cl.C4H6O2.CH4.BrH.Mg/c1-7(10)8(11)5-3-2-4-6-9;1-2-3-4-5-6;1-3(5)4(2)6;;;/h2-6H2,1H3;1-5H2;1-2H3;1H4;1H;/q;-1;;;;+2/p-1. The van der Waals surface area contributed by atoms with Gasteiger partial charge in [-0.1, -0.05) is 20.3 Å². The van der Waals surface area contributed by atoms with E-state index < -0.39 is 0 Å². The predicted octanol–water partition coefficient (Wildman–Crippen LogP) is 1.60. The number of alkyl halides is 2. The van der Waals surface area contributed by atoms with Crippen LogP contribution in [0.2, 0.25) is 0 Å². The molecule has 0 unspecified atom stereocenters. The topological polar surface area (TPSA) is 68.3 Å². The van der Waals surface area contributed by atoms with Gasteiger partial charge in [-0.05, 0) is 19.3 Å². The first-order valence-electron chi connectivity index (χ1n) is 7.70. The first-order valence-corrected chi connectivity index (χ1v) is 8.77. The maximum atomic E-state index is 10.7. The van der Waals surface area contributed by atoms with Crippen LogP contribution in [0.3, 0.4) is 0 Å². The van der Waals surface area contributed by atoms with Crippen molar-refractivity contribution in [3.8, 4) is 0 Å². The van der Waals surface area contributed by atoms with Gasteiger partial charge in [-0.15, -0.1) is 23.2 Å². The van der Waals surface area contributed by atoms with E-state index in [9.17, 15) is 19.2 Å². The molecule has 0 spiro atoms. The van der Waals surface area contributed by atoms with E-state index in [-0.39, 0.29) is 70.6 Å². The number of carbonyl (C=O) groups is 4. The maximum Gasteiger partial charge on any atom is 2.00 e. The van der Waals surface area contributed by atoms with Crippen LogP contribution in [0.5, 0.6) is 0 Å². The first kappa shape index (κ1) is 41.0. The smallest absolute Gasteiger partial charge is 1.00 e. The zero-order valence-electron chi connectivity index (χ0n) is 15.5. The van der Waals surface area contributed by atoms with Crippen LogP contribution in [0.4, 0.5) is 0 Å². The molecule has 8 heteroatoms. The van der Waals surface area contributed by atoms with Crippen molar-refractivity contribution >= 4 is 69.4 Å². The third kappa shape index (κ3) is 44.2. The largest absolute Gasteiger partial charge is 2.00 e. The van der Waals surface area contributed by atoms with Crippen LogP contribution in [0.25, 0.3) is 0 Å². The maximum absolute atomic E-state index is 10.7. The molecule has 26 heavy (non-hydrogen) atoms. The number of rotatable bonds is 10. The van der Waals surface area contributed by atoms with Crippen molar-refractivity contribution in [2.24, 2.45) is 0 Å². The quantitative estimate of drug-likeness (QED) is 0.154. The van der Waals surface area contributed by atoms with Crippen LogP contribution < -0.4 is 17.0 Å². The number of hydrogen-bond donors (Lipinski definition) is 0. The van der Waals surface area contributed by atoms with E-state index in [1.807, 2.05) is 0 Å². The average molecular weight is 489 g/mol. The summed E-state index contributed by atoms with van der Waals surface area (Å²) in [7, 11) is 0. The van der Waals surface area contributed by atoms with E-state index in [0.29, 0.717) is 12.3 Å². The second-order valence-corrected chi connectivity index (χ2v) is 5.60. The number of hydrogen-bond acceptors (Lipinski definition) is 4. The average Bonchev–Trinajstić information content (AvgIpc) is 2.50. The van der Waals surface area contributed by atoms with Gasteiger partial charge in [0.25, 0.3) is 0 Å². The number of halogens is 3. The Bertz CT molecular complexity index is 338. The molecule has 0 fully saturated rings. The number of Topliss-reactive ketones (excluding diaryl/α,β-unsaturated/α-hetero) is 4. The molecule has 0 saturated heterocycles. The molecule has 0 heterocycles.